The Kier molecular flexibility index (Phi) is 6.86. The van der Waals surface area contributed by atoms with Crippen LogP contribution in [0.25, 0.3) is 0 Å². The molecule has 0 aromatic heterocycles. The third-order valence-corrected chi connectivity index (χ3v) is 4.81. The molecular formula is C18H22ClN3O. The molecule has 122 valence electrons. The Morgan fingerprint density at radius 3 is 2.43 bits per heavy atom. The Bertz CT molecular complexity index is 567. The van der Waals surface area contributed by atoms with Crippen LogP contribution in [-0.2, 0) is 0 Å². The first kappa shape index (κ1) is 17.8. The molecule has 0 amide bonds. The summed E-state index contributed by atoms with van der Waals surface area (Å²) < 4.78 is 0. The maximum absolute atomic E-state index is 10.5. The summed E-state index contributed by atoms with van der Waals surface area (Å²) in [6.07, 6.45) is 2.45. The zero-order chi connectivity index (χ0) is 16.7. The highest BCUT2D eigenvalue weighted by Gasteiger charge is 2.27. The van der Waals surface area contributed by atoms with Gasteiger partial charge in [-0.05, 0) is 56.0 Å². The van der Waals surface area contributed by atoms with Gasteiger partial charge in [-0.3, -0.25) is 0 Å². The number of piperidine rings is 1. The Labute approximate surface area is 142 Å². The van der Waals surface area contributed by atoms with Crippen molar-refractivity contribution >= 4 is 11.6 Å². The number of aliphatic hydroxyl groups is 1. The number of halogens is 1. The van der Waals surface area contributed by atoms with Crippen molar-refractivity contribution in [1.82, 2.24) is 4.90 Å². The van der Waals surface area contributed by atoms with E-state index in [4.69, 9.17) is 22.1 Å². The first-order chi connectivity index (χ1) is 11.1. The third kappa shape index (κ3) is 5.22. The summed E-state index contributed by atoms with van der Waals surface area (Å²) in [5.41, 5.74) is 0.914. The summed E-state index contributed by atoms with van der Waals surface area (Å²) >= 11 is 5.88. The van der Waals surface area contributed by atoms with Crippen LogP contribution in [0.4, 0.5) is 0 Å². The number of nitriles is 2. The largest absolute Gasteiger partial charge is 0.388 e. The number of rotatable bonds is 6. The van der Waals surface area contributed by atoms with Gasteiger partial charge in [-0.15, -0.1) is 0 Å². The molecule has 2 rings (SSSR count). The van der Waals surface area contributed by atoms with Gasteiger partial charge in [-0.1, -0.05) is 23.7 Å². The summed E-state index contributed by atoms with van der Waals surface area (Å²) in [4.78, 5) is 2.27. The zero-order valence-electron chi connectivity index (χ0n) is 13.2. The molecule has 2 atom stereocenters. The van der Waals surface area contributed by atoms with Gasteiger partial charge in [0.15, 0.2) is 0 Å². The Hall–Kier alpha value is -1.59. The molecule has 2 unspecified atom stereocenters. The minimum atomic E-state index is -0.459. The number of likely N-dealkylation sites (tertiary alicyclic amines) is 1. The van der Waals surface area contributed by atoms with Crippen LogP contribution in [0.1, 0.15) is 37.4 Å². The molecule has 0 bridgehead atoms. The molecule has 5 heteroatoms. The molecule has 1 fully saturated rings. The first-order valence-electron chi connectivity index (χ1n) is 8.06. The van der Waals surface area contributed by atoms with E-state index >= 15 is 0 Å². The van der Waals surface area contributed by atoms with Crippen LogP contribution >= 0.6 is 11.6 Å². The molecule has 0 radical (unpaired) electrons. The monoisotopic (exact) mass is 331 g/mol. The van der Waals surface area contributed by atoms with Crippen molar-refractivity contribution in [3.63, 3.8) is 0 Å². The minimum Gasteiger partial charge on any atom is -0.388 e. The molecule has 4 nitrogen and oxygen atoms in total. The molecule has 1 heterocycles. The SMILES string of the molecule is N#CCCC(C#N)CN1CCC(C(O)c2ccc(Cl)cc2)CC1. The lowest BCUT2D eigenvalue weighted by atomic mass is 9.87. The van der Waals surface area contributed by atoms with Crippen LogP contribution in [0.5, 0.6) is 0 Å². The predicted molar refractivity (Wildman–Crippen MR) is 89.5 cm³/mol. The van der Waals surface area contributed by atoms with Gasteiger partial charge in [0.25, 0.3) is 0 Å². The number of benzene rings is 1. The summed E-state index contributed by atoms with van der Waals surface area (Å²) in [6, 6.07) is 11.8. The van der Waals surface area contributed by atoms with E-state index in [0.717, 1.165) is 38.0 Å². The van der Waals surface area contributed by atoms with Gasteiger partial charge in [0.05, 0.1) is 24.2 Å². The molecule has 23 heavy (non-hydrogen) atoms. The number of hydrogen-bond donors (Lipinski definition) is 1. The molecule has 0 saturated carbocycles. The number of nitrogens with zero attached hydrogens (tertiary/aromatic N) is 3. The van der Waals surface area contributed by atoms with E-state index in [-0.39, 0.29) is 11.8 Å². The van der Waals surface area contributed by atoms with E-state index in [9.17, 15) is 5.11 Å². The van der Waals surface area contributed by atoms with Crippen LogP contribution in [-0.4, -0.2) is 29.6 Å². The smallest absolute Gasteiger partial charge is 0.0819 e. The topological polar surface area (TPSA) is 71.0 Å². The van der Waals surface area contributed by atoms with Gasteiger partial charge in [-0.2, -0.15) is 10.5 Å². The fourth-order valence-electron chi connectivity index (χ4n) is 3.13. The lowest BCUT2D eigenvalue weighted by Crippen LogP contribution is -2.38. The minimum absolute atomic E-state index is 0.0765. The highest BCUT2D eigenvalue weighted by atomic mass is 35.5. The van der Waals surface area contributed by atoms with Crippen LogP contribution in [0.15, 0.2) is 24.3 Å². The molecule has 1 aliphatic heterocycles. The maximum atomic E-state index is 10.5. The van der Waals surface area contributed by atoms with Crippen molar-refractivity contribution < 1.29 is 5.11 Å². The van der Waals surface area contributed by atoms with Crippen LogP contribution in [0, 0.1) is 34.5 Å². The van der Waals surface area contributed by atoms with Crippen molar-refractivity contribution in [3.05, 3.63) is 34.9 Å². The molecule has 1 saturated heterocycles. The van der Waals surface area contributed by atoms with E-state index in [2.05, 4.69) is 17.0 Å². The van der Waals surface area contributed by atoms with Gasteiger partial charge < -0.3 is 10.0 Å². The van der Waals surface area contributed by atoms with Crippen molar-refractivity contribution in [2.75, 3.05) is 19.6 Å². The van der Waals surface area contributed by atoms with E-state index in [0.29, 0.717) is 17.9 Å². The molecule has 0 aliphatic carbocycles. The fourth-order valence-corrected chi connectivity index (χ4v) is 3.26. The van der Waals surface area contributed by atoms with E-state index in [1.54, 1.807) is 0 Å². The Morgan fingerprint density at radius 2 is 1.87 bits per heavy atom. The second-order valence-electron chi connectivity index (χ2n) is 6.16. The van der Waals surface area contributed by atoms with E-state index < -0.39 is 6.10 Å². The molecule has 1 aliphatic rings. The molecule has 1 aromatic carbocycles. The highest BCUT2D eigenvalue weighted by Crippen LogP contribution is 2.31. The quantitative estimate of drug-likeness (QED) is 0.865. The fraction of sp³-hybridized carbons (Fsp3) is 0.556. The molecule has 1 aromatic rings. The lowest BCUT2D eigenvalue weighted by molar-refractivity contribution is 0.0561. The lowest BCUT2D eigenvalue weighted by Gasteiger charge is -2.35. The van der Waals surface area contributed by atoms with Crippen molar-refractivity contribution in [2.24, 2.45) is 11.8 Å². The maximum Gasteiger partial charge on any atom is 0.0819 e. The number of hydrogen-bond acceptors (Lipinski definition) is 4. The molecule has 1 N–H and O–H groups in total. The van der Waals surface area contributed by atoms with Crippen molar-refractivity contribution in [3.8, 4) is 12.1 Å². The van der Waals surface area contributed by atoms with Gasteiger partial charge in [0.2, 0.25) is 0 Å². The molecular weight excluding hydrogens is 310 g/mol. The normalized spacial score (nSPS) is 18.8. The zero-order valence-corrected chi connectivity index (χ0v) is 13.9. The second kappa shape index (κ2) is 8.89. The van der Waals surface area contributed by atoms with Crippen LogP contribution in [0.3, 0.4) is 0 Å². The second-order valence-corrected chi connectivity index (χ2v) is 6.59. The molecule has 0 spiro atoms. The Balaban J connectivity index is 1.82. The van der Waals surface area contributed by atoms with Gasteiger partial charge in [0, 0.05) is 18.0 Å². The summed E-state index contributed by atoms with van der Waals surface area (Å²) in [5, 5.41) is 29.0. The van der Waals surface area contributed by atoms with Crippen molar-refractivity contribution in [1.29, 1.82) is 10.5 Å². The van der Waals surface area contributed by atoms with Crippen LogP contribution < -0.4 is 0 Å². The van der Waals surface area contributed by atoms with Gasteiger partial charge in [0.1, 0.15) is 0 Å². The first-order valence-corrected chi connectivity index (χ1v) is 8.44. The average molecular weight is 332 g/mol. The Morgan fingerprint density at radius 1 is 1.22 bits per heavy atom. The number of aliphatic hydroxyl groups excluding tert-OH is 1. The standard InChI is InChI=1S/C18H22ClN3O/c19-17-5-3-15(4-6-17)18(23)16-7-10-22(11-8-16)13-14(12-21)2-1-9-20/h3-6,14,16,18,23H,1-2,7-8,10-11,13H2. The van der Waals surface area contributed by atoms with E-state index in [1.807, 2.05) is 24.3 Å². The third-order valence-electron chi connectivity index (χ3n) is 4.56. The summed E-state index contributed by atoms with van der Waals surface area (Å²) in [6.45, 7) is 2.50. The summed E-state index contributed by atoms with van der Waals surface area (Å²) in [7, 11) is 0. The van der Waals surface area contributed by atoms with E-state index in [1.165, 1.54) is 0 Å². The van der Waals surface area contributed by atoms with Gasteiger partial charge >= 0.3 is 0 Å². The van der Waals surface area contributed by atoms with Crippen LogP contribution in [0.2, 0.25) is 5.02 Å². The predicted octanol–water partition coefficient (Wildman–Crippen LogP) is 3.53. The van der Waals surface area contributed by atoms with Crippen molar-refractivity contribution in [2.45, 2.75) is 31.8 Å². The highest BCUT2D eigenvalue weighted by molar-refractivity contribution is 6.30. The summed E-state index contributed by atoms with van der Waals surface area (Å²) in [5.74, 6) is 0.166. The van der Waals surface area contributed by atoms with Gasteiger partial charge in [-0.25, -0.2) is 0 Å². The average Bonchev–Trinajstić information content (AvgIpc) is 2.59.